The highest BCUT2D eigenvalue weighted by Crippen LogP contribution is 2.17. The maximum atomic E-state index is 12.3. The van der Waals surface area contributed by atoms with Gasteiger partial charge in [0.2, 0.25) is 0 Å². The predicted octanol–water partition coefficient (Wildman–Crippen LogP) is 1.07. The quantitative estimate of drug-likeness (QED) is 0.890. The number of carbonyl (C=O) groups excluding carboxylic acids is 1. The van der Waals surface area contributed by atoms with E-state index in [1.165, 1.54) is 0 Å². The van der Waals surface area contributed by atoms with Gasteiger partial charge < -0.3 is 10.0 Å². The Morgan fingerprint density at radius 3 is 2.55 bits per heavy atom. The van der Waals surface area contributed by atoms with Crippen molar-refractivity contribution < 1.29 is 14.7 Å². The van der Waals surface area contributed by atoms with E-state index in [2.05, 4.69) is 20.9 Å². The van der Waals surface area contributed by atoms with E-state index in [0.29, 0.717) is 36.3 Å². The van der Waals surface area contributed by atoms with Crippen LogP contribution >= 0.6 is 15.9 Å². The summed E-state index contributed by atoms with van der Waals surface area (Å²) >= 11 is 3.32. The first-order valence-corrected chi connectivity index (χ1v) is 7.16. The molecule has 1 fully saturated rings. The third-order valence-corrected chi connectivity index (χ3v) is 4.11. The highest BCUT2D eigenvalue weighted by Gasteiger charge is 2.28. The number of nitrogens with zero attached hydrogens (tertiary/aromatic N) is 3. The summed E-state index contributed by atoms with van der Waals surface area (Å²) in [6.45, 7) is 3.81. The van der Waals surface area contributed by atoms with Crippen LogP contribution in [0.4, 0.5) is 0 Å². The summed E-state index contributed by atoms with van der Waals surface area (Å²) in [6, 6.07) is 3.02. The summed E-state index contributed by atoms with van der Waals surface area (Å²) in [6.07, 6.45) is 1.58. The number of amides is 1. The fraction of sp³-hybridized carbons (Fsp3) is 0.462. The molecular formula is C13H16BrN3O3. The van der Waals surface area contributed by atoms with Gasteiger partial charge in [-0.05, 0) is 35.0 Å². The smallest absolute Gasteiger partial charge is 0.320 e. The van der Waals surface area contributed by atoms with Gasteiger partial charge >= 0.3 is 5.97 Å². The van der Waals surface area contributed by atoms with E-state index in [-0.39, 0.29) is 5.91 Å². The molecule has 7 heteroatoms. The number of aromatic nitrogens is 1. The first kappa shape index (κ1) is 14.9. The fourth-order valence-corrected chi connectivity index (χ4v) is 2.59. The molecule has 1 aromatic heterocycles. The minimum Gasteiger partial charge on any atom is -0.480 e. The number of carboxylic acid groups (broad SMARTS) is 1. The van der Waals surface area contributed by atoms with E-state index >= 15 is 0 Å². The molecule has 108 valence electrons. The number of carbonyl (C=O) groups is 2. The van der Waals surface area contributed by atoms with Gasteiger partial charge in [-0.1, -0.05) is 0 Å². The molecule has 0 bridgehead atoms. The number of hydrogen-bond acceptors (Lipinski definition) is 4. The number of rotatable bonds is 3. The number of carboxylic acids is 1. The highest BCUT2D eigenvalue weighted by molar-refractivity contribution is 9.10. The molecule has 1 atom stereocenters. The van der Waals surface area contributed by atoms with Crippen LogP contribution in [-0.2, 0) is 4.79 Å². The van der Waals surface area contributed by atoms with Crippen LogP contribution in [0.2, 0.25) is 0 Å². The summed E-state index contributed by atoms with van der Waals surface area (Å²) in [4.78, 5) is 30.9. The Balaban J connectivity index is 1.99. The Bertz CT molecular complexity index is 515. The molecule has 0 saturated carbocycles. The minimum atomic E-state index is -0.836. The Hall–Kier alpha value is -1.47. The summed E-state index contributed by atoms with van der Waals surface area (Å²) in [7, 11) is 0. The van der Waals surface area contributed by atoms with Gasteiger partial charge in [0.15, 0.2) is 0 Å². The third kappa shape index (κ3) is 3.16. The SMILES string of the molecule is CC(C(=O)O)N1CCN(C(=O)c2ncccc2Br)CC1. The molecule has 0 aliphatic carbocycles. The number of hydrogen-bond donors (Lipinski definition) is 1. The molecule has 1 unspecified atom stereocenters. The molecule has 2 heterocycles. The van der Waals surface area contributed by atoms with E-state index < -0.39 is 12.0 Å². The van der Waals surface area contributed by atoms with Crippen LogP contribution in [0.3, 0.4) is 0 Å². The van der Waals surface area contributed by atoms with Crippen molar-refractivity contribution in [1.82, 2.24) is 14.8 Å². The van der Waals surface area contributed by atoms with Crippen molar-refractivity contribution in [2.75, 3.05) is 26.2 Å². The Morgan fingerprint density at radius 1 is 1.35 bits per heavy atom. The monoisotopic (exact) mass is 341 g/mol. The van der Waals surface area contributed by atoms with Gasteiger partial charge in [-0.3, -0.25) is 14.5 Å². The zero-order valence-electron chi connectivity index (χ0n) is 11.1. The van der Waals surface area contributed by atoms with Crippen molar-refractivity contribution >= 4 is 27.8 Å². The molecular weight excluding hydrogens is 326 g/mol. The zero-order valence-corrected chi connectivity index (χ0v) is 12.7. The maximum absolute atomic E-state index is 12.3. The number of piperazine rings is 1. The minimum absolute atomic E-state index is 0.125. The molecule has 0 spiro atoms. The normalized spacial score (nSPS) is 17.8. The lowest BCUT2D eigenvalue weighted by Crippen LogP contribution is -2.53. The van der Waals surface area contributed by atoms with Crippen LogP contribution in [0, 0.1) is 0 Å². The molecule has 2 rings (SSSR count). The lowest BCUT2D eigenvalue weighted by Gasteiger charge is -2.36. The van der Waals surface area contributed by atoms with Crippen LogP contribution in [-0.4, -0.2) is 64.0 Å². The molecule has 0 radical (unpaired) electrons. The topological polar surface area (TPSA) is 73.7 Å². The Morgan fingerprint density at radius 2 is 2.00 bits per heavy atom. The molecule has 1 aromatic rings. The highest BCUT2D eigenvalue weighted by atomic mass is 79.9. The lowest BCUT2D eigenvalue weighted by atomic mass is 10.2. The van der Waals surface area contributed by atoms with Crippen molar-refractivity contribution in [2.45, 2.75) is 13.0 Å². The van der Waals surface area contributed by atoms with E-state index in [0.717, 1.165) is 0 Å². The van der Waals surface area contributed by atoms with E-state index in [1.807, 2.05) is 4.90 Å². The van der Waals surface area contributed by atoms with Crippen molar-refractivity contribution in [3.63, 3.8) is 0 Å². The second kappa shape index (κ2) is 6.32. The van der Waals surface area contributed by atoms with Crippen molar-refractivity contribution in [1.29, 1.82) is 0 Å². The third-order valence-electron chi connectivity index (χ3n) is 3.47. The lowest BCUT2D eigenvalue weighted by molar-refractivity contribution is -0.143. The van der Waals surface area contributed by atoms with Gasteiger partial charge in [-0.25, -0.2) is 4.98 Å². The molecule has 1 aliphatic heterocycles. The van der Waals surface area contributed by atoms with Gasteiger partial charge in [0.25, 0.3) is 5.91 Å². The molecule has 6 nitrogen and oxygen atoms in total. The largest absolute Gasteiger partial charge is 0.480 e. The Labute approximate surface area is 125 Å². The second-order valence-corrected chi connectivity index (χ2v) is 5.53. The van der Waals surface area contributed by atoms with Crippen molar-refractivity contribution in [2.24, 2.45) is 0 Å². The maximum Gasteiger partial charge on any atom is 0.320 e. The average molecular weight is 342 g/mol. The average Bonchev–Trinajstić information content (AvgIpc) is 2.46. The molecule has 20 heavy (non-hydrogen) atoms. The van der Waals surface area contributed by atoms with Gasteiger partial charge in [0.1, 0.15) is 11.7 Å². The van der Waals surface area contributed by atoms with Crippen molar-refractivity contribution in [3.8, 4) is 0 Å². The van der Waals surface area contributed by atoms with Crippen LogP contribution in [0.5, 0.6) is 0 Å². The summed E-state index contributed by atoms with van der Waals surface area (Å²) in [5.74, 6) is -0.961. The first-order chi connectivity index (χ1) is 9.50. The van der Waals surface area contributed by atoms with Crippen LogP contribution in [0.25, 0.3) is 0 Å². The van der Waals surface area contributed by atoms with E-state index in [1.54, 1.807) is 30.2 Å². The van der Waals surface area contributed by atoms with Gasteiger partial charge in [0.05, 0.1) is 0 Å². The molecule has 0 aromatic carbocycles. The summed E-state index contributed by atoms with van der Waals surface area (Å²) in [5, 5.41) is 8.99. The standard InChI is InChI=1S/C13H16BrN3O3/c1-9(13(19)20)16-5-7-17(8-6-16)12(18)11-10(14)3-2-4-15-11/h2-4,9H,5-8H2,1H3,(H,19,20). The predicted molar refractivity (Wildman–Crippen MR) is 76.5 cm³/mol. The van der Waals surface area contributed by atoms with Gasteiger partial charge in [0, 0.05) is 36.8 Å². The van der Waals surface area contributed by atoms with Crippen LogP contribution < -0.4 is 0 Å². The van der Waals surface area contributed by atoms with Gasteiger partial charge in [-0.15, -0.1) is 0 Å². The van der Waals surface area contributed by atoms with E-state index in [4.69, 9.17) is 5.11 Å². The first-order valence-electron chi connectivity index (χ1n) is 6.37. The molecule has 1 aliphatic rings. The fourth-order valence-electron chi connectivity index (χ4n) is 2.16. The Kier molecular flexibility index (Phi) is 4.72. The summed E-state index contributed by atoms with van der Waals surface area (Å²) < 4.78 is 0.673. The molecule has 1 N–H and O–H groups in total. The number of pyridine rings is 1. The number of aliphatic carboxylic acids is 1. The van der Waals surface area contributed by atoms with Crippen LogP contribution in [0.15, 0.2) is 22.8 Å². The molecule has 1 saturated heterocycles. The van der Waals surface area contributed by atoms with E-state index in [9.17, 15) is 9.59 Å². The molecule has 1 amide bonds. The number of halogens is 1. The second-order valence-electron chi connectivity index (χ2n) is 4.68. The van der Waals surface area contributed by atoms with Crippen LogP contribution in [0.1, 0.15) is 17.4 Å². The zero-order chi connectivity index (χ0) is 14.7. The van der Waals surface area contributed by atoms with Gasteiger partial charge in [-0.2, -0.15) is 0 Å². The van der Waals surface area contributed by atoms with Crippen molar-refractivity contribution in [3.05, 3.63) is 28.5 Å². The summed E-state index contributed by atoms with van der Waals surface area (Å²) in [5.41, 5.74) is 0.396.